The number of halogens is 1. The van der Waals surface area contributed by atoms with E-state index in [9.17, 15) is 4.79 Å². The molecule has 1 aromatic carbocycles. The lowest BCUT2D eigenvalue weighted by molar-refractivity contribution is 0.0994. The maximum Gasteiger partial charge on any atom is 0.293 e. The second kappa shape index (κ2) is 6.34. The van der Waals surface area contributed by atoms with Crippen LogP contribution in [0.1, 0.15) is 21.9 Å². The summed E-state index contributed by atoms with van der Waals surface area (Å²) in [6.45, 7) is 2.40. The average molecular weight is 373 g/mol. The summed E-state index contributed by atoms with van der Waals surface area (Å²) in [7, 11) is 0. The van der Waals surface area contributed by atoms with Crippen molar-refractivity contribution in [3.8, 4) is 0 Å². The first-order valence-corrected chi connectivity index (χ1v) is 8.72. The molecule has 0 aliphatic rings. The lowest BCUT2D eigenvalue weighted by atomic mass is 10.2. The Hall–Kier alpha value is -2.64. The number of aryl methyl sites for hydroxylation is 1. The van der Waals surface area contributed by atoms with Crippen molar-refractivity contribution >= 4 is 44.2 Å². The molecule has 4 aromatic rings. The number of rotatable bonds is 4. The normalized spacial score (nSPS) is 11.1. The minimum atomic E-state index is -0.332. The fourth-order valence-corrected chi connectivity index (χ4v) is 3.56. The van der Waals surface area contributed by atoms with Gasteiger partial charge < -0.3 is 4.42 Å². The van der Waals surface area contributed by atoms with Crippen LogP contribution in [0.2, 0.25) is 5.02 Å². The van der Waals surface area contributed by atoms with Crippen LogP contribution in [0.5, 0.6) is 0 Å². The van der Waals surface area contributed by atoms with Gasteiger partial charge in [0.15, 0.2) is 10.9 Å². The van der Waals surface area contributed by atoms with Gasteiger partial charge in [-0.05, 0) is 30.7 Å². The van der Waals surface area contributed by atoms with E-state index in [2.05, 4.69) is 15.4 Å². The van der Waals surface area contributed by atoms with E-state index < -0.39 is 0 Å². The summed E-state index contributed by atoms with van der Waals surface area (Å²) < 4.78 is 8.26. The van der Waals surface area contributed by atoms with Crippen LogP contribution in [0.15, 0.2) is 47.1 Å². The molecule has 0 unspecified atom stereocenters. The monoisotopic (exact) mass is 372 g/mol. The Labute approximate surface area is 152 Å². The molecular weight excluding hydrogens is 360 g/mol. The van der Waals surface area contributed by atoms with Crippen LogP contribution in [0.4, 0.5) is 5.13 Å². The molecule has 0 saturated heterocycles. The van der Waals surface area contributed by atoms with Crippen LogP contribution in [0, 0.1) is 6.92 Å². The molecule has 0 saturated carbocycles. The molecule has 126 valence electrons. The van der Waals surface area contributed by atoms with Gasteiger partial charge in [0.25, 0.3) is 5.91 Å². The maximum absolute atomic E-state index is 12.4. The second-order valence-electron chi connectivity index (χ2n) is 5.52. The Morgan fingerprint density at radius 2 is 2.24 bits per heavy atom. The van der Waals surface area contributed by atoms with Crippen LogP contribution >= 0.6 is 22.9 Å². The summed E-state index contributed by atoms with van der Waals surface area (Å²) in [5.41, 5.74) is 1.98. The number of benzene rings is 1. The average Bonchev–Trinajstić information content (AvgIpc) is 3.28. The predicted octanol–water partition coefficient (Wildman–Crippen LogP) is 4.35. The van der Waals surface area contributed by atoms with Gasteiger partial charge in [0, 0.05) is 6.20 Å². The quantitative estimate of drug-likeness (QED) is 0.578. The topological polar surface area (TPSA) is 73.0 Å². The van der Waals surface area contributed by atoms with Gasteiger partial charge in [0.2, 0.25) is 0 Å². The first kappa shape index (κ1) is 15.9. The standard InChI is InChI=1S/C17H13ClN4O2S/c1-10-3-2-4-14-15(10)20-17(25-14)21-16(23)13-6-5-12(24-13)9-22-8-11(18)7-19-22/h2-8H,9H2,1H3,(H,20,21,23). The van der Waals surface area contributed by atoms with Crippen molar-refractivity contribution in [2.75, 3.05) is 5.32 Å². The highest BCUT2D eigenvalue weighted by atomic mass is 35.5. The van der Waals surface area contributed by atoms with Crippen molar-refractivity contribution in [1.29, 1.82) is 0 Å². The zero-order valence-corrected chi connectivity index (χ0v) is 14.8. The fourth-order valence-electron chi connectivity index (χ4n) is 2.47. The summed E-state index contributed by atoms with van der Waals surface area (Å²) in [5, 5.41) is 7.97. The van der Waals surface area contributed by atoms with Crippen molar-refractivity contribution in [3.05, 3.63) is 64.8 Å². The molecule has 0 fully saturated rings. The van der Waals surface area contributed by atoms with E-state index >= 15 is 0 Å². The van der Waals surface area contributed by atoms with Gasteiger partial charge in [-0.25, -0.2) is 4.98 Å². The van der Waals surface area contributed by atoms with Crippen LogP contribution in [-0.4, -0.2) is 20.7 Å². The van der Waals surface area contributed by atoms with Crippen LogP contribution in [-0.2, 0) is 6.54 Å². The van der Waals surface area contributed by atoms with Crippen molar-refractivity contribution < 1.29 is 9.21 Å². The van der Waals surface area contributed by atoms with Crippen molar-refractivity contribution in [2.45, 2.75) is 13.5 Å². The molecule has 6 nitrogen and oxygen atoms in total. The van der Waals surface area contributed by atoms with Gasteiger partial charge in [0.1, 0.15) is 5.76 Å². The number of hydrogen-bond acceptors (Lipinski definition) is 5. The number of furan rings is 1. The van der Waals surface area contributed by atoms with E-state index in [4.69, 9.17) is 16.0 Å². The maximum atomic E-state index is 12.4. The van der Waals surface area contributed by atoms with Crippen molar-refractivity contribution in [2.24, 2.45) is 0 Å². The third-order valence-electron chi connectivity index (χ3n) is 3.65. The number of hydrogen-bond donors (Lipinski definition) is 1. The minimum absolute atomic E-state index is 0.226. The summed E-state index contributed by atoms with van der Waals surface area (Å²) in [6, 6.07) is 9.33. The van der Waals surface area contributed by atoms with Gasteiger partial charge in [-0.1, -0.05) is 35.1 Å². The lowest BCUT2D eigenvalue weighted by Crippen LogP contribution is -2.10. The highest BCUT2D eigenvalue weighted by Gasteiger charge is 2.15. The fraction of sp³-hybridized carbons (Fsp3) is 0.118. The van der Waals surface area contributed by atoms with E-state index in [1.54, 1.807) is 29.2 Å². The van der Waals surface area contributed by atoms with Crippen molar-refractivity contribution in [1.82, 2.24) is 14.8 Å². The zero-order valence-electron chi connectivity index (χ0n) is 13.2. The number of nitrogens with one attached hydrogen (secondary N) is 1. The number of fused-ring (bicyclic) bond motifs is 1. The highest BCUT2D eigenvalue weighted by Crippen LogP contribution is 2.28. The molecule has 0 aliphatic heterocycles. The Kier molecular flexibility index (Phi) is 4.03. The molecule has 4 rings (SSSR count). The number of nitrogens with zero attached hydrogens (tertiary/aromatic N) is 3. The van der Waals surface area contributed by atoms with Gasteiger partial charge >= 0.3 is 0 Å². The molecule has 1 amide bonds. The van der Waals surface area contributed by atoms with Gasteiger partial charge in [-0.15, -0.1) is 0 Å². The predicted molar refractivity (Wildman–Crippen MR) is 97.4 cm³/mol. The van der Waals surface area contributed by atoms with Gasteiger partial charge in [-0.3, -0.25) is 14.8 Å². The molecule has 8 heteroatoms. The molecule has 3 heterocycles. The third kappa shape index (κ3) is 3.29. The molecule has 0 bridgehead atoms. The Bertz CT molecular complexity index is 1070. The summed E-state index contributed by atoms with van der Waals surface area (Å²) >= 11 is 7.27. The first-order valence-electron chi connectivity index (χ1n) is 7.53. The first-order chi connectivity index (χ1) is 12.1. The minimum Gasteiger partial charge on any atom is -0.454 e. The number of amides is 1. The van der Waals surface area contributed by atoms with Crippen LogP contribution < -0.4 is 5.32 Å². The number of para-hydroxylation sites is 1. The smallest absolute Gasteiger partial charge is 0.293 e. The largest absolute Gasteiger partial charge is 0.454 e. The zero-order chi connectivity index (χ0) is 17.4. The van der Waals surface area contributed by atoms with E-state index in [0.717, 1.165) is 15.8 Å². The van der Waals surface area contributed by atoms with E-state index in [1.165, 1.54) is 11.3 Å². The molecule has 0 radical (unpaired) electrons. The van der Waals surface area contributed by atoms with Crippen LogP contribution in [0.25, 0.3) is 10.2 Å². The van der Waals surface area contributed by atoms with Gasteiger partial charge in [0.05, 0.1) is 28.0 Å². The second-order valence-corrected chi connectivity index (χ2v) is 6.98. The van der Waals surface area contributed by atoms with E-state index in [0.29, 0.717) is 22.5 Å². The lowest BCUT2D eigenvalue weighted by Gasteiger charge is -1.99. The molecule has 0 atom stereocenters. The summed E-state index contributed by atoms with van der Waals surface area (Å²) in [4.78, 5) is 16.8. The molecule has 0 aliphatic carbocycles. The molecule has 0 spiro atoms. The molecule has 25 heavy (non-hydrogen) atoms. The van der Waals surface area contributed by atoms with Crippen molar-refractivity contribution in [3.63, 3.8) is 0 Å². The number of thiazole rings is 1. The Balaban J connectivity index is 1.49. The molecular formula is C17H13ClN4O2S. The SMILES string of the molecule is Cc1cccc2sc(NC(=O)c3ccc(Cn4cc(Cl)cn4)o3)nc12. The van der Waals surface area contributed by atoms with Crippen LogP contribution in [0.3, 0.4) is 0 Å². The molecule has 1 N–H and O–H groups in total. The number of aromatic nitrogens is 3. The third-order valence-corrected chi connectivity index (χ3v) is 4.78. The van der Waals surface area contributed by atoms with E-state index in [1.807, 2.05) is 25.1 Å². The highest BCUT2D eigenvalue weighted by molar-refractivity contribution is 7.22. The summed E-state index contributed by atoms with van der Waals surface area (Å²) in [6.07, 6.45) is 3.24. The number of carbonyl (C=O) groups excluding carboxylic acids is 1. The number of anilines is 1. The summed E-state index contributed by atoms with van der Waals surface area (Å²) in [5.74, 6) is 0.510. The molecule has 3 aromatic heterocycles. The Morgan fingerprint density at radius 1 is 1.36 bits per heavy atom. The van der Waals surface area contributed by atoms with Gasteiger partial charge in [-0.2, -0.15) is 5.10 Å². The van der Waals surface area contributed by atoms with E-state index in [-0.39, 0.29) is 11.7 Å². The Morgan fingerprint density at radius 3 is 3.00 bits per heavy atom. The number of carbonyl (C=O) groups is 1.